The lowest BCUT2D eigenvalue weighted by Crippen LogP contribution is -2.75. The zero-order chi connectivity index (χ0) is 19.8. The monoisotopic (exact) mass is 434 g/mol. The predicted octanol–water partition coefficient (Wildman–Crippen LogP) is 2.22. The van der Waals surface area contributed by atoms with E-state index < -0.39 is 17.1 Å². The van der Waals surface area contributed by atoms with E-state index in [1.54, 1.807) is 12.1 Å². The molecule has 158 valence electrons. The van der Waals surface area contributed by atoms with E-state index in [9.17, 15) is 9.90 Å². The van der Waals surface area contributed by atoms with Crippen molar-refractivity contribution in [3.05, 3.63) is 22.7 Å². The molecule has 0 radical (unpaired) electrons. The zero-order valence-electron chi connectivity index (χ0n) is 16.3. The number of halogens is 2. The van der Waals surface area contributed by atoms with Crippen molar-refractivity contribution in [3.63, 3.8) is 0 Å². The second-order valence-corrected chi connectivity index (χ2v) is 8.00. The quantitative estimate of drug-likeness (QED) is 0.633. The van der Waals surface area contributed by atoms with Gasteiger partial charge >= 0.3 is 0 Å². The molecule has 1 fully saturated rings. The molecule has 7 nitrogen and oxygen atoms in total. The Hall–Kier alpha value is -1.25. The van der Waals surface area contributed by atoms with Gasteiger partial charge in [0.25, 0.3) is 0 Å². The number of ether oxygens (including phenoxy) is 3. The molecule has 1 aliphatic carbocycles. The molecular formula is C19H28Cl2N2O5. The van der Waals surface area contributed by atoms with Crippen LogP contribution in [-0.2, 0) is 9.53 Å². The highest BCUT2D eigenvalue weighted by molar-refractivity contribution is 6.32. The first-order valence-electron chi connectivity index (χ1n) is 9.16. The molecule has 1 heterocycles. The van der Waals surface area contributed by atoms with E-state index in [4.69, 9.17) is 31.5 Å². The van der Waals surface area contributed by atoms with Gasteiger partial charge in [0.1, 0.15) is 18.8 Å². The van der Waals surface area contributed by atoms with Crippen molar-refractivity contribution in [2.75, 3.05) is 26.4 Å². The first-order chi connectivity index (χ1) is 12.7. The summed E-state index contributed by atoms with van der Waals surface area (Å²) in [4.78, 5) is 12.7. The summed E-state index contributed by atoms with van der Waals surface area (Å²) >= 11 is 6.20. The number of hydrogen-bond acceptors (Lipinski definition) is 6. The number of nitrogens with two attached hydrogens (primary N) is 1. The number of fused-ring (bicyclic) bond motifs is 1. The highest BCUT2D eigenvalue weighted by atomic mass is 35.5. The Morgan fingerprint density at radius 3 is 2.75 bits per heavy atom. The van der Waals surface area contributed by atoms with Crippen LogP contribution in [0.5, 0.6) is 11.5 Å². The van der Waals surface area contributed by atoms with Crippen molar-refractivity contribution in [1.82, 2.24) is 5.32 Å². The Morgan fingerprint density at radius 2 is 2.11 bits per heavy atom. The lowest BCUT2D eigenvalue weighted by atomic mass is 9.54. The number of carbonyl (C=O) groups is 1. The van der Waals surface area contributed by atoms with Crippen molar-refractivity contribution in [3.8, 4) is 11.5 Å². The van der Waals surface area contributed by atoms with Crippen LogP contribution in [-0.4, -0.2) is 49.0 Å². The van der Waals surface area contributed by atoms with Crippen LogP contribution in [0.2, 0.25) is 5.02 Å². The molecule has 0 aromatic heterocycles. The van der Waals surface area contributed by atoms with Gasteiger partial charge in [-0.15, -0.1) is 12.4 Å². The van der Waals surface area contributed by atoms with Crippen LogP contribution in [0.4, 0.5) is 0 Å². The molecule has 2 aliphatic rings. The van der Waals surface area contributed by atoms with Gasteiger partial charge in [-0.25, -0.2) is 0 Å². The van der Waals surface area contributed by atoms with Gasteiger partial charge in [0, 0.05) is 25.0 Å². The van der Waals surface area contributed by atoms with Gasteiger partial charge in [0.2, 0.25) is 5.91 Å². The normalized spacial score (nSPS) is 25.9. The van der Waals surface area contributed by atoms with Gasteiger partial charge < -0.3 is 30.4 Å². The van der Waals surface area contributed by atoms with Crippen molar-refractivity contribution in [2.45, 2.75) is 44.9 Å². The van der Waals surface area contributed by atoms with E-state index in [0.717, 1.165) is 0 Å². The van der Waals surface area contributed by atoms with Gasteiger partial charge in [-0.2, -0.15) is 0 Å². The van der Waals surface area contributed by atoms with E-state index in [2.05, 4.69) is 5.32 Å². The van der Waals surface area contributed by atoms with Crippen molar-refractivity contribution >= 4 is 29.9 Å². The second kappa shape index (κ2) is 8.63. The summed E-state index contributed by atoms with van der Waals surface area (Å²) in [5.74, 6) is 0.664. The first kappa shape index (κ1) is 23.0. The van der Waals surface area contributed by atoms with E-state index >= 15 is 0 Å². The number of rotatable bonds is 6. The molecule has 1 aliphatic heterocycles. The zero-order valence-corrected chi connectivity index (χ0v) is 17.9. The Balaban J connectivity index is 0.00000280. The maximum atomic E-state index is 12.7. The third-order valence-corrected chi connectivity index (χ3v) is 5.98. The summed E-state index contributed by atoms with van der Waals surface area (Å²) in [7, 11) is 0. The third kappa shape index (κ3) is 3.91. The molecule has 4 N–H and O–H groups in total. The van der Waals surface area contributed by atoms with Crippen molar-refractivity contribution in [2.24, 2.45) is 11.1 Å². The van der Waals surface area contributed by atoms with Crippen LogP contribution in [0, 0.1) is 5.41 Å². The summed E-state index contributed by atoms with van der Waals surface area (Å²) in [6, 6.07) is 3.29. The Bertz CT molecular complexity index is 731. The minimum atomic E-state index is -1.03. The fourth-order valence-corrected chi connectivity index (χ4v) is 3.88. The van der Waals surface area contributed by atoms with Crippen LogP contribution in [0.15, 0.2) is 12.1 Å². The Labute approximate surface area is 176 Å². The molecule has 9 heteroatoms. The summed E-state index contributed by atoms with van der Waals surface area (Å²) in [5, 5.41) is 13.6. The molecule has 0 saturated heterocycles. The first-order valence-corrected chi connectivity index (χ1v) is 9.54. The molecule has 3 atom stereocenters. The average Bonchev–Trinajstić information content (AvgIpc) is 2.65. The molecule has 1 saturated carbocycles. The number of aliphatic hydroxyl groups excluding tert-OH is 1. The smallest absolute Gasteiger partial charge is 0.240 e. The molecule has 3 unspecified atom stereocenters. The third-order valence-electron chi connectivity index (χ3n) is 5.70. The van der Waals surface area contributed by atoms with Crippen LogP contribution in [0.3, 0.4) is 0 Å². The number of carbonyl (C=O) groups excluding carboxylic acids is 1. The topological polar surface area (TPSA) is 103 Å². The van der Waals surface area contributed by atoms with Gasteiger partial charge in [-0.05, 0) is 24.6 Å². The SMILES string of the molecule is CCOC1CC(N)(C(=O)NCC(O)c2cc(Cl)c3c(c2)OCCO3)C1(C)C.Cl. The van der Waals surface area contributed by atoms with E-state index in [1.165, 1.54) is 0 Å². The number of aliphatic hydroxyl groups is 1. The average molecular weight is 435 g/mol. The summed E-state index contributed by atoms with van der Waals surface area (Å²) in [6.45, 7) is 7.22. The maximum Gasteiger partial charge on any atom is 0.240 e. The van der Waals surface area contributed by atoms with E-state index in [-0.39, 0.29) is 31.0 Å². The fourth-order valence-electron chi connectivity index (χ4n) is 3.61. The summed E-state index contributed by atoms with van der Waals surface area (Å²) < 4.78 is 16.6. The molecule has 3 rings (SSSR count). The lowest BCUT2D eigenvalue weighted by Gasteiger charge is -2.57. The Kier molecular flexibility index (Phi) is 7.10. The van der Waals surface area contributed by atoms with Gasteiger partial charge in [-0.1, -0.05) is 25.4 Å². The van der Waals surface area contributed by atoms with E-state index in [0.29, 0.717) is 48.3 Å². The number of benzene rings is 1. The standard InChI is InChI=1S/C19H27ClN2O5.ClH/c1-4-25-15-9-19(21,18(15,2)3)17(24)22-10-13(23)11-7-12(20)16-14(8-11)26-5-6-27-16;/h7-8,13,15,23H,4-6,9-10,21H2,1-3H3,(H,22,24);1H. The van der Waals surface area contributed by atoms with Crippen molar-refractivity contribution < 1.29 is 24.1 Å². The maximum absolute atomic E-state index is 12.7. The Morgan fingerprint density at radius 1 is 1.43 bits per heavy atom. The fraction of sp³-hybridized carbons (Fsp3) is 0.632. The van der Waals surface area contributed by atoms with Crippen molar-refractivity contribution in [1.29, 1.82) is 0 Å². The van der Waals surface area contributed by atoms with Crippen LogP contribution in [0.1, 0.15) is 38.9 Å². The van der Waals surface area contributed by atoms with Gasteiger partial charge in [0.05, 0.1) is 17.2 Å². The van der Waals surface area contributed by atoms with Gasteiger partial charge in [-0.3, -0.25) is 4.79 Å². The number of amides is 1. The highest BCUT2D eigenvalue weighted by Crippen LogP contribution is 2.49. The van der Waals surface area contributed by atoms with Gasteiger partial charge in [0.15, 0.2) is 11.5 Å². The highest BCUT2D eigenvalue weighted by Gasteiger charge is 2.62. The number of nitrogens with one attached hydrogen (secondary N) is 1. The lowest BCUT2D eigenvalue weighted by molar-refractivity contribution is -0.170. The predicted molar refractivity (Wildman–Crippen MR) is 108 cm³/mol. The van der Waals surface area contributed by atoms with Crippen LogP contribution in [0.25, 0.3) is 0 Å². The summed E-state index contributed by atoms with van der Waals surface area (Å²) in [5.41, 5.74) is 5.37. The van der Waals surface area contributed by atoms with E-state index in [1.807, 2.05) is 20.8 Å². The molecule has 0 bridgehead atoms. The minimum Gasteiger partial charge on any atom is -0.486 e. The minimum absolute atomic E-state index is 0. The summed E-state index contributed by atoms with van der Waals surface area (Å²) in [6.07, 6.45) is -0.553. The number of hydrogen-bond donors (Lipinski definition) is 3. The second-order valence-electron chi connectivity index (χ2n) is 7.59. The largest absolute Gasteiger partial charge is 0.486 e. The van der Waals surface area contributed by atoms with Crippen LogP contribution >= 0.6 is 24.0 Å². The molecule has 28 heavy (non-hydrogen) atoms. The molecule has 1 aromatic rings. The molecular weight excluding hydrogens is 407 g/mol. The molecule has 0 spiro atoms. The van der Waals surface area contributed by atoms with Crippen LogP contribution < -0.4 is 20.5 Å². The molecule has 1 aromatic carbocycles. The molecule has 1 amide bonds.